The number of hydrogen-bond donors (Lipinski definition) is 0. The molecule has 1 amide bonds. The van der Waals surface area contributed by atoms with Crippen molar-refractivity contribution in [2.75, 3.05) is 13.1 Å². The molecule has 2 rings (SSSR count). The number of Topliss-reactive ketones (excluding diaryl/α,β-unsaturated/α-hetero) is 1. The van der Waals surface area contributed by atoms with Gasteiger partial charge in [0, 0.05) is 19.3 Å². The Morgan fingerprint density at radius 2 is 1.76 bits per heavy atom. The highest BCUT2D eigenvalue weighted by molar-refractivity contribution is 6.42. The number of hydrogen-bond acceptors (Lipinski definition) is 3. The molecule has 0 spiro atoms. The minimum absolute atomic E-state index is 0.238. The molecule has 1 saturated heterocycles. The van der Waals surface area contributed by atoms with Crippen LogP contribution in [0.25, 0.3) is 0 Å². The number of carbonyl (C=O) groups is 2. The first kappa shape index (κ1) is 11.8. The third kappa shape index (κ3) is 2.90. The van der Waals surface area contributed by atoms with E-state index >= 15 is 0 Å². The van der Waals surface area contributed by atoms with Crippen molar-refractivity contribution in [3.05, 3.63) is 30.1 Å². The van der Waals surface area contributed by atoms with Gasteiger partial charge in [-0.3, -0.25) is 14.6 Å². The zero-order valence-corrected chi connectivity index (χ0v) is 9.76. The van der Waals surface area contributed by atoms with E-state index in [9.17, 15) is 9.59 Å². The summed E-state index contributed by atoms with van der Waals surface area (Å²) in [5.74, 6) is -0.905. The summed E-state index contributed by atoms with van der Waals surface area (Å²) in [6.07, 6.45) is 5.79. The van der Waals surface area contributed by atoms with Gasteiger partial charge in [-0.1, -0.05) is 18.9 Å². The summed E-state index contributed by atoms with van der Waals surface area (Å²) < 4.78 is 0. The van der Waals surface area contributed by atoms with E-state index in [0.717, 1.165) is 25.7 Å². The molecule has 0 atom stereocenters. The highest BCUT2D eigenvalue weighted by atomic mass is 16.2. The van der Waals surface area contributed by atoms with Gasteiger partial charge < -0.3 is 4.90 Å². The Balaban J connectivity index is 2.06. The van der Waals surface area contributed by atoms with Crippen LogP contribution in [0.1, 0.15) is 36.2 Å². The molecular weight excluding hydrogens is 216 g/mol. The van der Waals surface area contributed by atoms with E-state index in [4.69, 9.17) is 0 Å². The number of carbonyl (C=O) groups excluding carboxylic acids is 2. The molecule has 1 aliphatic rings. The molecule has 0 unspecified atom stereocenters. The van der Waals surface area contributed by atoms with Gasteiger partial charge in [-0.15, -0.1) is 0 Å². The van der Waals surface area contributed by atoms with Crippen LogP contribution in [-0.2, 0) is 4.79 Å². The van der Waals surface area contributed by atoms with Crippen molar-refractivity contribution in [1.82, 2.24) is 9.88 Å². The van der Waals surface area contributed by atoms with Crippen LogP contribution in [0.5, 0.6) is 0 Å². The second-order valence-corrected chi connectivity index (χ2v) is 4.25. The molecule has 0 saturated carbocycles. The van der Waals surface area contributed by atoms with Crippen LogP contribution in [0.3, 0.4) is 0 Å². The fraction of sp³-hybridized carbons (Fsp3) is 0.462. The summed E-state index contributed by atoms with van der Waals surface area (Å²) in [6, 6.07) is 5.03. The maximum atomic E-state index is 12.0. The normalized spacial score (nSPS) is 16.4. The number of nitrogens with zero attached hydrogens (tertiary/aromatic N) is 2. The summed E-state index contributed by atoms with van der Waals surface area (Å²) in [7, 11) is 0. The van der Waals surface area contributed by atoms with Crippen LogP contribution in [0.2, 0.25) is 0 Å². The average Bonchev–Trinajstić information content (AvgIpc) is 2.67. The standard InChI is InChI=1S/C13H16N2O2/c16-12(11-7-3-4-8-14-11)13(17)15-9-5-1-2-6-10-15/h3-4,7-8H,1-2,5-6,9-10H2. The van der Waals surface area contributed by atoms with Crippen LogP contribution in [0.15, 0.2) is 24.4 Å². The van der Waals surface area contributed by atoms with Gasteiger partial charge in [0.15, 0.2) is 0 Å². The van der Waals surface area contributed by atoms with Crippen molar-refractivity contribution in [3.63, 3.8) is 0 Å². The van der Waals surface area contributed by atoms with Crippen molar-refractivity contribution in [3.8, 4) is 0 Å². The zero-order chi connectivity index (χ0) is 12.1. The number of ketones is 1. The number of aromatic nitrogens is 1. The first-order valence-electron chi connectivity index (χ1n) is 6.03. The first-order chi connectivity index (χ1) is 8.29. The van der Waals surface area contributed by atoms with E-state index in [1.165, 1.54) is 6.20 Å². The molecular formula is C13H16N2O2. The molecule has 0 radical (unpaired) electrons. The van der Waals surface area contributed by atoms with Crippen molar-refractivity contribution >= 4 is 11.7 Å². The zero-order valence-electron chi connectivity index (χ0n) is 9.76. The van der Waals surface area contributed by atoms with Crippen LogP contribution in [-0.4, -0.2) is 34.7 Å². The maximum absolute atomic E-state index is 12.0. The lowest BCUT2D eigenvalue weighted by molar-refractivity contribution is -0.126. The molecule has 1 fully saturated rings. The summed E-state index contributed by atoms with van der Waals surface area (Å²) in [4.78, 5) is 29.5. The third-order valence-corrected chi connectivity index (χ3v) is 2.99. The summed E-state index contributed by atoms with van der Waals surface area (Å²) in [5, 5.41) is 0. The molecule has 0 N–H and O–H groups in total. The maximum Gasteiger partial charge on any atom is 0.296 e. The summed E-state index contributed by atoms with van der Waals surface area (Å²) in [6.45, 7) is 1.38. The van der Waals surface area contributed by atoms with Gasteiger partial charge in [-0.25, -0.2) is 0 Å². The molecule has 2 heterocycles. The van der Waals surface area contributed by atoms with Crippen molar-refractivity contribution in [2.24, 2.45) is 0 Å². The van der Waals surface area contributed by atoms with Crippen LogP contribution < -0.4 is 0 Å². The van der Waals surface area contributed by atoms with Gasteiger partial charge in [0.25, 0.3) is 11.7 Å². The minimum atomic E-state index is -0.493. The number of rotatable bonds is 2. The molecule has 1 aliphatic heterocycles. The van der Waals surface area contributed by atoms with Crippen molar-refractivity contribution in [2.45, 2.75) is 25.7 Å². The van der Waals surface area contributed by atoms with Gasteiger partial charge in [-0.2, -0.15) is 0 Å². The Morgan fingerprint density at radius 1 is 1.06 bits per heavy atom. The second kappa shape index (κ2) is 5.57. The van der Waals surface area contributed by atoms with Crippen LogP contribution in [0, 0.1) is 0 Å². The fourth-order valence-electron chi connectivity index (χ4n) is 2.02. The van der Waals surface area contributed by atoms with E-state index < -0.39 is 11.7 Å². The largest absolute Gasteiger partial charge is 0.336 e. The molecule has 4 nitrogen and oxygen atoms in total. The molecule has 0 bridgehead atoms. The first-order valence-corrected chi connectivity index (χ1v) is 6.03. The van der Waals surface area contributed by atoms with Crippen LogP contribution in [0.4, 0.5) is 0 Å². The molecule has 1 aromatic heterocycles. The second-order valence-electron chi connectivity index (χ2n) is 4.25. The third-order valence-electron chi connectivity index (χ3n) is 2.99. The smallest absolute Gasteiger partial charge is 0.296 e. The topological polar surface area (TPSA) is 50.3 Å². The Kier molecular flexibility index (Phi) is 3.85. The summed E-state index contributed by atoms with van der Waals surface area (Å²) in [5.41, 5.74) is 0.238. The Bertz CT molecular complexity index is 395. The summed E-state index contributed by atoms with van der Waals surface area (Å²) >= 11 is 0. The molecule has 0 aliphatic carbocycles. The van der Waals surface area contributed by atoms with Gasteiger partial charge in [0.05, 0.1) is 0 Å². The van der Waals surface area contributed by atoms with Crippen molar-refractivity contribution < 1.29 is 9.59 Å². The van der Waals surface area contributed by atoms with Crippen LogP contribution >= 0.6 is 0 Å². The van der Waals surface area contributed by atoms with E-state index in [1.54, 1.807) is 23.1 Å². The fourth-order valence-corrected chi connectivity index (χ4v) is 2.02. The Hall–Kier alpha value is -1.71. The SMILES string of the molecule is O=C(C(=O)N1CCCCCC1)c1ccccn1. The minimum Gasteiger partial charge on any atom is -0.336 e. The highest BCUT2D eigenvalue weighted by Crippen LogP contribution is 2.11. The highest BCUT2D eigenvalue weighted by Gasteiger charge is 2.24. The van der Waals surface area contributed by atoms with Crippen molar-refractivity contribution in [1.29, 1.82) is 0 Å². The molecule has 17 heavy (non-hydrogen) atoms. The lowest BCUT2D eigenvalue weighted by Gasteiger charge is -2.18. The van der Waals surface area contributed by atoms with E-state index in [2.05, 4.69) is 4.98 Å². The van der Waals surface area contributed by atoms with Gasteiger partial charge in [0.2, 0.25) is 0 Å². The lowest BCUT2D eigenvalue weighted by atomic mass is 10.2. The molecule has 1 aromatic rings. The molecule has 90 valence electrons. The van der Waals surface area contributed by atoms with Gasteiger partial charge in [-0.05, 0) is 25.0 Å². The van der Waals surface area contributed by atoms with E-state index in [1.807, 2.05) is 0 Å². The number of amides is 1. The van der Waals surface area contributed by atoms with E-state index in [-0.39, 0.29) is 5.69 Å². The average molecular weight is 232 g/mol. The molecule has 4 heteroatoms. The lowest BCUT2D eigenvalue weighted by Crippen LogP contribution is -2.37. The Labute approximate surface area is 101 Å². The number of likely N-dealkylation sites (tertiary alicyclic amines) is 1. The predicted molar refractivity (Wildman–Crippen MR) is 63.6 cm³/mol. The van der Waals surface area contributed by atoms with Gasteiger partial charge >= 0.3 is 0 Å². The number of pyridine rings is 1. The monoisotopic (exact) mass is 232 g/mol. The molecule has 0 aromatic carbocycles. The predicted octanol–water partition coefficient (Wildman–Crippen LogP) is 1.67. The quantitative estimate of drug-likeness (QED) is 0.575. The van der Waals surface area contributed by atoms with E-state index in [0.29, 0.717) is 13.1 Å². The Morgan fingerprint density at radius 3 is 2.35 bits per heavy atom. The van der Waals surface area contributed by atoms with Gasteiger partial charge in [0.1, 0.15) is 5.69 Å².